The first-order chi connectivity index (χ1) is 6.53. The van der Waals surface area contributed by atoms with Crippen LogP contribution in [0.4, 0.5) is 0 Å². The van der Waals surface area contributed by atoms with Crippen LogP contribution in [0, 0.1) is 0 Å². The van der Waals surface area contributed by atoms with Crippen LogP contribution in [0.15, 0.2) is 6.33 Å². The van der Waals surface area contributed by atoms with Crippen LogP contribution >= 0.6 is 0 Å². The Morgan fingerprint density at radius 2 is 2.21 bits per heavy atom. The standard InChI is InChI=1S/C10H20N4/c1-4-7-14-8-12-13-9(14)5-6-10(2,3)11/h8H,4-7,11H2,1-3H3. The Morgan fingerprint density at radius 3 is 2.79 bits per heavy atom. The highest BCUT2D eigenvalue weighted by Crippen LogP contribution is 2.09. The number of aromatic nitrogens is 3. The van der Waals surface area contributed by atoms with Gasteiger partial charge in [-0.15, -0.1) is 10.2 Å². The van der Waals surface area contributed by atoms with Crippen molar-refractivity contribution in [2.24, 2.45) is 5.73 Å². The summed E-state index contributed by atoms with van der Waals surface area (Å²) in [5.41, 5.74) is 5.80. The van der Waals surface area contributed by atoms with Gasteiger partial charge in [-0.25, -0.2) is 0 Å². The van der Waals surface area contributed by atoms with Crippen LogP contribution < -0.4 is 5.73 Å². The lowest BCUT2D eigenvalue weighted by Gasteiger charge is -2.17. The Labute approximate surface area is 85.5 Å². The maximum Gasteiger partial charge on any atom is 0.132 e. The Balaban J connectivity index is 2.53. The molecule has 1 rings (SSSR count). The highest BCUT2D eigenvalue weighted by atomic mass is 15.3. The van der Waals surface area contributed by atoms with Crippen LogP contribution in [0.2, 0.25) is 0 Å². The van der Waals surface area contributed by atoms with E-state index in [9.17, 15) is 0 Å². The van der Waals surface area contributed by atoms with Gasteiger partial charge in [0.15, 0.2) is 0 Å². The smallest absolute Gasteiger partial charge is 0.132 e. The van der Waals surface area contributed by atoms with Gasteiger partial charge in [0.05, 0.1) is 0 Å². The SMILES string of the molecule is CCCn1cnnc1CCC(C)(C)N. The quantitative estimate of drug-likeness (QED) is 0.773. The summed E-state index contributed by atoms with van der Waals surface area (Å²) in [7, 11) is 0. The van der Waals surface area contributed by atoms with Crippen molar-refractivity contribution in [1.29, 1.82) is 0 Å². The van der Waals surface area contributed by atoms with Gasteiger partial charge in [0.2, 0.25) is 0 Å². The summed E-state index contributed by atoms with van der Waals surface area (Å²) in [6.45, 7) is 7.21. The van der Waals surface area contributed by atoms with E-state index in [-0.39, 0.29) is 5.54 Å². The van der Waals surface area contributed by atoms with E-state index in [2.05, 4.69) is 21.7 Å². The molecule has 0 spiro atoms. The number of nitrogens with zero attached hydrogens (tertiary/aromatic N) is 3. The first-order valence-electron chi connectivity index (χ1n) is 5.18. The number of hydrogen-bond acceptors (Lipinski definition) is 3. The lowest BCUT2D eigenvalue weighted by Crippen LogP contribution is -2.32. The van der Waals surface area contributed by atoms with Gasteiger partial charge in [0, 0.05) is 18.5 Å². The van der Waals surface area contributed by atoms with Gasteiger partial charge in [-0.2, -0.15) is 0 Å². The third-order valence-electron chi connectivity index (χ3n) is 2.15. The molecule has 0 aliphatic carbocycles. The average Bonchev–Trinajstić information content (AvgIpc) is 2.48. The van der Waals surface area contributed by atoms with E-state index in [0.29, 0.717) is 0 Å². The van der Waals surface area contributed by atoms with Crippen molar-refractivity contribution in [3.63, 3.8) is 0 Å². The fraction of sp³-hybridized carbons (Fsp3) is 0.800. The minimum absolute atomic E-state index is 0.122. The third-order valence-corrected chi connectivity index (χ3v) is 2.15. The van der Waals surface area contributed by atoms with Gasteiger partial charge in [-0.05, 0) is 26.7 Å². The molecule has 0 aromatic carbocycles. The zero-order chi connectivity index (χ0) is 10.6. The molecular formula is C10H20N4. The molecule has 0 fully saturated rings. The lowest BCUT2D eigenvalue weighted by atomic mass is 10.00. The molecule has 0 radical (unpaired) electrons. The molecule has 0 atom stereocenters. The van der Waals surface area contributed by atoms with E-state index >= 15 is 0 Å². The molecule has 4 heteroatoms. The van der Waals surface area contributed by atoms with E-state index < -0.39 is 0 Å². The van der Waals surface area contributed by atoms with Crippen molar-refractivity contribution in [3.05, 3.63) is 12.2 Å². The maximum atomic E-state index is 5.92. The van der Waals surface area contributed by atoms with Crippen molar-refractivity contribution < 1.29 is 0 Å². The van der Waals surface area contributed by atoms with Crippen molar-refractivity contribution in [2.75, 3.05) is 0 Å². The number of rotatable bonds is 5. The first-order valence-corrected chi connectivity index (χ1v) is 5.18. The van der Waals surface area contributed by atoms with E-state index in [1.165, 1.54) is 0 Å². The van der Waals surface area contributed by atoms with Crippen LogP contribution in [0.1, 0.15) is 39.4 Å². The fourth-order valence-electron chi connectivity index (χ4n) is 1.33. The van der Waals surface area contributed by atoms with Gasteiger partial charge < -0.3 is 10.3 Å². The highest BCUT2D eigenvalue weighted by Gasteiger charge is 2.12. The molecule has 4 nitrogen and oxygen atoms in total. The number of nitrogens with two attached hydrogens (primary N) is 1. The first kappa shape index (κ1) is 11.2. The Morgan fingerprint density at radius 1 is 1.50 bits per heavy atom. The van der Waals surface area contributed by atoms with Crippen LogP contribution in [0.25, 0.3) is 0 Å². The van der Waals surface area contributed by atoms with Gasteiger partial charge >= 0.3 is 0 Å². The third kappa shape index (κ3) is 3.46. The molecule has 1 heterocycles. The van der Waals surface area contributed by atoms with E-state index in [0.717, 1.165) is 31.6 Å². The summed E-state index contributed by atoms with van der Waals surface area (Å²) >= 11 is 0. The minimum Gasteiger partial charge on any atom is -0.326 e. The number of aryl methyl sites for hydroxylation is 2. The summed E-state index contributed by atoms with van der Waals surface area (Å²) in [5.74, 6) is 1.05. The summed E-state index contributed by atoms with van der Waals surface area (Å²) in [4.78, 5) is 0. The second-order valence-corrected chi connectivity index (χ2v) is 4.43. The van der Waals surface area contributed by atoms with Crippen LogP contribution in [0.3, 0.4) is 0 Å². The molecule has 0 saturated carbocycles. The van der Waals surface area contributed by atoms with Crippen LogP contribution in [-0.4, -0.2) is 20.3 Å². The summed E-state index contributed by atoms with van der Waals surface area (Å²) in [5, 5.41) is 8.01. The van der Waals surface area contributed by atoms with Gasteiger partial charge in [-0.3, -0.25) is 0 Å². The Bertz CT molecular complexity index is 272. The molecule has 80 valence electrons. The zero-order valence-corrected chi connectivity index (χ0v) is 9.32. The number of hydrogen-bond donors (Lipinski definition) is 1. The molecule has 0 aliphatic heterocycles. The van der Waals surface area contributed by atoms with Crippen LogP contribution in [-0.2, 0) is 13.0 Å². The summed E-state index contributed by atoms with van der Waals surface area (Å²) < 4.78 is 2.10. The van der Waals surface area contributed by atoms with Crippen molar-refractivity contribution in [3.8, 4) is 0 Å². The molecule has 0 saturated heterocycles. The lowest BCUT2D eigenvalue weighted by molar-refractivity contribution is 0.463. The fourth-order valence-corrected chi connectivity index (χ4v) is 1.33. The van der Waals surface area contributed by atoms with Crippen molar-refractivity contribution in [1.82, 2.24) is 14.8 Å². The van der Waals surface area contributed by atoms with Crippen molar-refractivity contribution in [2.45, 2.75) is 52.1 Å². The minimum atomic E-state index is -0.122. The Hall–Kier alpha value is -0.900. The van der Waals surface area contributed by atoms with E-state index in [1.54, 1.807) is 6.33 Å². The van der Waals surface area contributed by atoms with Gasteiger partial charge in [0.1, 0.15) is 12.2 Å². The molecular weight excluding hydrogens is 176 g/mol. The second-order valence-electron chi connectivity index (χ2n) is 4.43. The van der Waals surface area contributed by atoms with Crippen molar-refractivity contribution >= 4 is 0 Å². The summed E-state index contributed by atoms with van der Waals surface area (Å²) in [6.07, 6.45) is 4.75. The maximum absolute atomic E-state index is 5.92. The highest BCUT2D eigenvalue weighted by molar-refractivity contribution is 4.89. The normalized spacial score (nSPS) is 12.0. The molecule has 0 aliphatic rings. The van der Waals surface area contributed by atoms with Gasteiger partial charge in [-0.1, -0.05) is 6.92 Å². The van der Waals surface area contributed by atoms with Crippen LogP contribution in [0.5, 0.6) is 0 Å². The largest absolute Gasteiger partial charge is 0.326 e. The Kier molecular flexibility index (Phi) is 3.63. The average molecular weight is 196 g/mol. The van der Waals surface area contributed by atoms with E-state index in [1.807, 2.05) is 13.8 Å². The predicted molar refractivity (Wildman–Crippen MR) is 56.9 cm³/mol. The predicted octanol–water partition coefficient (Wildman–Crippen LogP) is 1.36. The van der Waals surface area contributed by atoms with E-state index in [4.69, 9.17) is 5.73 Å². The molecule has 1 aromatic heterocycles. The molecule has 2 N–H and O–H groups in total. The topological polar surface area (TPSA) is 56.7 Å². The second kappa shape index (κ2) is 4.55. The van der Waals surface area contributed by atoms with Gasteiger partial charge in [0.25, 0.3) is 0 Å². The molecule has 0 unspecified atom stereocenters. The molecule has 0 amide bonds. The summed E-state index contributed by atoms with van der Waals surface area (Å²) in [6, 6.07) is 0. The molecule has 14 heavy (non-hydrogen) atoms. The zero-order valence-electron chi connectivity index (χ0n) is 9.32. The monoisotopic (exact) mass is 196 g/mol. The molecule has 0 bridgehead atoms. The molecule has 1 aromatic rings.